The van der Waals surface area contributed by atoms with Crippen molar-refractivity contribution in [3.63, 3.8) is 0 Å². The maximum atomic E-state index is 4.67. The van der Waals surface area contributed by atoms with Gasteiger partial charge in [0.1, 0.15) is 5.01 Å². The van der Waals surface area contributed by atoms with Crippen molar-refractivity contribution < 1.29 is 0 Å². The zero-order valence-corrected chi connectivity index (χ0v) is 12.3. The van der Waals surface area contributed by atoms with Crippen LogP contribution in [0.5, 0.6) is 0 Å². The Morgan fingerprint density at radius 2 is 2.21 bits per heavy atom. The van der Waals surface area contributed by atoms with Crippen LogP contribution in [0.1, 0.15) is 23.7 Å². The van der Waals surface area contributed by atoms with Gasteiger partial charge in [-0.15, -0.1) is 22.7 Å². The Bertz CT molecular complexity index is 613. The van der Waals surface area contributed by atoms with Gasteiger partial charge in [-0.2, -0.15) is 0 Å². The molecule has 1 atom stereocenters. The fourth-order valence-electron chi connectivity index (χ4n) is 1.94. The number of hydrogen-bond acceptors (Lipinski definition) is 5. The normalized spacial score (nSPS) is 12.9. The van der Waals surface area contributed by atoms with E-state index in [-0.39, 0.29) is 6.04 Å². The van der Waals surface area contributed by atoms with Crippen molar-refractivity contribution in [1.82, 2.24) is 15.3 Å². The van der Waals surface area contributed by atoms with Crippen molar-refractivity contribution in [3.05, 3.63) is 45.9 Å². The van der Waals surface area contributed by atoms with Gasteiger partial charge in [-0.25, -0.2) is 9.97 Å². The number of para-hydroxylation sites is 1. The fourth-order valence-corrected chi connectivity index (χ4v) is 3.53. The van der Waals surface area contributed by atoms with Crippen LogP contribution in [0, 0.1) is 0 Å². The summed E-state index contributed by atoms with van der Waals surface area (Å²) in [4.78, 5) is 8.96. The van der Waals surface area contributed by atoms with Gasteiger partial charge < -0.3 is 5.32 Å². The molecule has 98 valence electrons. The first kappa shape index (κ1) is 12.7. The van der Waals surface area contributed by atoms with E-state index in [1.807, 2.05) is 11.6 Å². The molecule has 2 heterocycles. The maximum absolute atomic E-state index is 4.67. The molecule has 3 rings (SSSR count). The van der Waals surface area contributed by atoms with Crippen molar-refractivity contribution in [2.45, 2.75) is 19.4 Å². The van der Waals surface area contributed by atoms with Gasteiger partial charge in [0.15, 0.2) is 0 Å². The van der Waals surface area contributed by atoms with E-state index in [1.54, 1.807) is 22.7 Å². The summed E-state index contributed by atoms with van der Waals surface area (Å²) in [6.45, 7) is 3.10. The second-order valence-corrected chi connectivity index (χ2v) is 6.21. The van der Waals surface area contributed by atoms with Gasteiger partial charge in [0.25, 0.3) is 0 Å². The number of nitrogens with one attached hydrogen (secondary N) is 1. The highest BCUT2D eigenvalue weighted by Gasteiger charge is 2.10. The van der Waals surface area contributed by atoms with Crippen molar-refractivity contribution >= 4 is 32.9 Å². The summed E-state index contributed by atoms with van der Waals surface area (Å²) in [5.74, 6) is 0. The van der Waals surface area contributed by atoms with Crippen LogP contribution in [-0.2, 0) is 6.42 Å². The van der Waals surface area contributed by atoms with Gasteiger partial charge in [0.2, 0.25) is 0 Å². The highest BCUT2D eigenvalue weighted by atomic mass is 32.1. The molecule has 1 N–H and O–H groups in total. The predicted molar refractivity (Wildman–Crippen MR) is 81.9 cm³/mol. The van der Waals surface area contributed by atoms with E-state index >= 15 is 0 Å². The average molecular weight is 289 g/mol. The largest absolute Gasteiger partial charge is 0.308 e. The first-order valence-electron chi connectivity index (χ1n) is 6.29. The molecular weight excluding hydrogens is 274 g/mol. The van der Waals surface area contributed by atoms with E-state index in [0.29, 0.717) is 0 Å². The highest BCUT2D eigenvalue weighted by Crippen LogP contribution is 2.25. The van der Waals surface area contributed by atoms with E-state index in [1.165, 1.54) is 4.70 Å². The van der Waals surface area contributed by atoms with Crippen molar-refractivity contribution in [2.75, 3.05) is 6.54 Å². The third-order valence-electron chi connectivity index (χ3n) is 3.00. The van der Waals surface area contributed by atoms with Crippen LogP contribution >= 0.6 is 22.7 Å². The topological polar surface area (TPSA) is 37.8 Å². The van der Waals surface area contributed by atoms with Gasteiger partial charge in [-0.3, -0.25) is 0 Å². The molecule has 2 aromatic heterocycles. The number of rotatable bonds is 5. The number of nitrogens with zero attached hydrogens (tertiary/aromatic N) is 2. The Morgan fingerprint density at radius 1 is 1.32 bits per heavy atom. The first-order valence-corrected chi connectivity index (χ1v) is 8.05. The SMILES string of the molecule is CC(NCCc1cscn1)c1nc2ccccc2s1. The van der Waals surface area contributed by atoms with E-state index in [9.17, 15) is 0 Å². The number of hydrogen-bond donors (Lipinski definition) is 1. The van der Waals surface area contributed by atoms with Crippen LogP contribution in [0.25, 0.3) is 10.2 Å². The van der Waals surface area contributed by atoms with Crippen LogP contribution in [0.2, 0.25) is 0 Å². The second kappa shape index (κ2) is 5.77. The molecule has 19 heavy (non-hydrogen) atoms. The average Bonchev–Trinajstić information content (AvgIpc) is 3.07. The molecule has 0 spiro atoms. The Balaban J connectivity index is 1.61. The minimum Gasteiger partial charge on any atom is -0.308 e. The van der Waals surface area contributed by atoms with Crippen LogP contribution in [0.15, 0.2) is 35.2 Å². The molecule has 0 amide bonds. The van der Waals surface area contributed by atoms with Crippen LogP contribution in [0.3, 0.4) is 0 Å². The third kappa shape index (κ3) is 3.00. The third-order valence-corrected chi connectivity index (χ3v) is 4.85. The number of benzene rings is 1. The van der Waals surface area contributed by atoms with Crippen molar-refractivity contribution in [3.8, 4) is 0 Å². The highest BCUT2D eigenvalue weighted by molar-refractivity contribution is 7.18. The summed E-state index contributed by atoms with van der Waals surface area (Å²) in [6, 6.07) is 8.57. The van der Waals surface area contributed by atoms with Gasteiger partial charge in [0, 0.05) is 18.3 Å². The monoisotopic (exact) mass is 289 g/mol. The molecule has 0 aliphatic carbocycles. The Kier molecular flexibility index (Phi) is 3.87. The summed E-state index contributed by atoms with van der Waals surface area (Å²) in [5.41, 5.74) is 4.14. The number of thiazole rings is 2. The first-order chi connectivity index (χ1) is 9.33. The molecule has 0 bridgehead atoms. The van der Waals surface area contributed by atoms with E-state index in [2.05, 4.69) is 45.8 Å². The summed E-state index contributed by atoms with van der Waals surface area (Å²) in [5, 5.41) is 6.76. The van der Waals surface area contributed by atoms with E-state index in [4.69, 9.17) is 0 Å². The van der Waals surface area contributed by atoms with Gasteiger partial charge in [-0.05, 0) is 19.1 Å². The standard InChI is InChI=1S/C14H15N3S2/c1-10(15-7-6-11-8-18-9-16-11)14-17-12-4-2-3-5-13(12)19-14/h2-5,8-10,15H,6-7H2,1H3. The molecule has 1 aromatic carbocycles. The second-order valence-electron chi connectivity index (χ2n) is 4.43. The molecule has 1 unspecified atom stereocenters. The summed E-state index contributed by atoms with van der Waals surface area (Å²) in [7, 11) is 0. The van der Waals surface area contributed by atoms with Crippen molar-refractivity contribution in [2.24, 2.45) is 0 Å². The Labute approximate surface area is 120 Å². The molecule has 0 saturated heterocycles. The summed E-state index contributed by atoms with van der Waals surface area (Å²) < 4.78 is 1.26. The fraction of sp³-hybridized carbons (Fsp3) is 0.286. The molecule has 0 aliphatic rings. The van der Waals surface area contributed by atoms with Gasteiger partial charge >= 0.3 is 0 Å². The summed E-state index contributed by atoms with van der Waals surface area (Å²) >= 11 is 3.41. The lowest BCUT2D eigenvalue weighted by Crippen LogP contribution is -2.21. The summed E-state index contributed by atoms with van der Waals surface area (Å²) in [6.07, 6.45) is 0.971. The van der Waals surface area contributed by atoms with E-state index in [0.717, 1.165) is 29.2 Å². The molecule has 3 aromatic rings. The number of fused-ring (bicyclic) bond motifs is 1. The lowest BCUT2D eigenvalue weighted by Gasteiger charge is -2.09. The predicted octanol–water partition coefficient (Wildman–Crippen LogP) is 3.65. The molecule has 0 saturated carbocycles. The van der Waals surface area contributed by atoms with Crippen LogP contribution in [0.4, 0.5) is 0 Å². The molecule has 5 heteroatoms. The van der Waals surface area contributed by atoms with Gasteiger partial charge in [0.05, 0.1) is 27.5 Å². The zero-order valence-electron chi connectivity index (χ0n) is 10.7. The number of aromatic nitrogens is 2. The molecule has 0 aliphatic heterocycles. The maximum Gasteiger partial charge on any atom is 0.111 e. The zero-order chi connectivity index (χ0) is 13.1. The lowest BCUT2D eigenvalue weighted by molar-refractivity contribution is 0.572. The Hall–Kier alpha value is -1.30. The molecule has 0 radical (unpaired) electrons. The molecule has 0 fully saturated rings. The van der Waals surface area contributed by atoms with E-state index < -0.39 is 0 Å². The van der Waals surface area contributed by atoms with Crippen LogP contribution < -0.4 is 5.32 Å². The Morgan fingerprint density at radius 3 is 3.00 bits per heavy atom. The minimum atomic E-state index is 0.288. The lowest BCUT2D eigenvalue weighted by atomic mass is 10.3. The van der Waals surface area contributed by atoms with Crippen molar-refractivity contribution in [1.29, 1.82) is 0 Å². The smallest absolute Gasteiger partial charge is 0.111 e. The van der Waals surface area contributed by atoms with Crippen LogP contribution in [-0.4, -0.2) is 16.5 Å². The minimum absolute atomic E-state index is 0.288. The molecular formula is C14H15N3S2. The van der Waals surface area contributed by atoms with Gasteiger partial charge in [-0.1, -0.05) is 12.1 Å². The molecule has 3 nitrogen and oxygen atoms in total. The quantitative estimate of drug-likeness (QED) is 0.779.